The number of nitrogens with zero attached hydrogens (tertiary/aromatic N) is 3. The van der Waals surface area contributed by atoms with Gasteiger partial charge in [0.05, 0.1) is 5.75 Å². The third-order valence-electron chi connectivity index (χ3n) is 4.86. The van der Waals surface area contributed by atoms with Crippen LogP contribution in [0.25, 0.3) is 0 Å². The van der Waals surface area contributed by atoms with Crippen LogP contribution in [-0.2, 0) is 21.7 Å². The fourth-order valence-electron chi connectivity index (χ4n) is 3.04. The highest BCUT2D eigenvalue weighted by Crippen LogP contribution is 2.24. The van der Waals surface area contributed by atoms with E-state index in [1.807, 2.05) is 0 Å². The average molecular weight is 354 g/mol. The molecular weight excluding hydrogens is 322 g/mol. The molecule has 1 aromatic rings. The van der Waals surface area contributed by atoms with Gasteiger partial charge in [-0.2, -0.15) is 0 Å². The Bertz CT molecular complexity index is 630. The smallest absolute Gasteiger partial charge is 0.151 e. The molecule has 0 N–H and O–H groups in total. The molecule has 2 heterocycles. The van der Waals surface area contributed by atoms with Crippen molar-refractivity contribution < 1.29 is 8.42 Å². The fraction of sp³-hybridized carbons (Fsp3) is 0.778. The van der Waals surface area contributed by atoms with Crippen LogP contribution in [0, 0.1) is 5.92 Å². The van der Waals surface area contributed by atoms with E-state index in [0.717, 1.165) is 43.7 Å². The lowest BCUT2D eigenvalue weighted by atomic mass is 9.89. The molecule has 0 saturated carbocycles. The lowest BCUT2D eigenvalue weighted by Crippen LogP contribution is -2.37. The molecule has 24 heavy (non-hydrogen) atoms. The first-order valence-electron chi connectivity index (χ1n) is 8.94. The third kappa shape index (κ3) is 5.81. The van der Waals surface area contributed by atoms with E-state index in [4.69, 9.17) is 0 Å². The molecule has 0 unspecified atom stereocenters. The number of hydrogen-bond acceptors (Lipinski definition) is 5. The molecule has 1 saturated heterocycles. The Hall–Kier alpha value is -1.01. The minimum absolute atomic E-state index is 0.0474. The van der Waals surface area contributed by atoms with Crippen molar-refractivity contribution in [3.63, 3.8) is 0 Å². The van der Waals surface area contributed by atoms with Crippen molar-refractivity contribution in [3.05, 3.63) is 23.8 Å². The van der Waals surface area contributed by atoms with Crippen LogP contribution in [0.2, 0.25) is 0 Å². The molecule has 1 fully saturated rings. The summed E-state index contributed by atoms with van der Waals surface area (Å²) in [5, 5.41) is 0. The van der Waals surface area contributed by atoms with Crippen molar-refractivity contribution in [3.8, 4) is 0 Å². The molecule has 5 nitrogen and oxygen atoms in total. The summed E-state index contributed by atoms with van der Waals surface area (Å²) in [6.07, 6.45) is 4.90. The Labute approximate surface area is 146 Å². The first-order valence-corrected chi connectivity index (χ1v) is 10.8. The van der Waals surface area contributed by atoms with Crippen LogP contribution < -0.4 is 0 Å². The number of rotatable bonds is 6. The summed E-state index contributed by atoms with van der Waals surface area (Å²) < 4.78 is 23.2. The zero-order chi connectivity index (χ0) is 17.8. The van der Waals surface area contributed by atoms with Crippen LogP contribution in [-0.4, -0.2) is 54.4 Å². The van der Waals surface area contributed by atoms with Gasteiger partial charge in [-0.25, -0.2) is 18.4 Å². The number of aromatic nitrogens is 2. The molecule has 6 heteroatoms. The van der Waals surface area contributed by atoms with Gasteiger partial charge in [0, 0.05) is 29.1 Å². The molecular formula is C18H31N3O2S. The summed E-state index contributed by atoms with van der Waals surface area (Å²) >= 11 is 0. The molecule has 2 rings (SSSR count). The topological polar surface area (TPSA) is 63.2 Å². The number of piperidine rings is 1. The standard InChI is InChI=1S/C18H31N3O2S/c1-5-24(22,23)11-10-21-8-6-15(7-9-21)12-16-13-17(18(2,3)4)20-14-19-16/h13-15H,5-12H2,1-4H3. The molecule has 136 valence electrons. The van der Waals surface area contributed by atoms with Crippen LogP contribution in [0.4, 0.5) is 0 Å². The van der Waals surface area contributed by atoms with E-state index >= 15 is 0 Å². The Morgan fingerprint density at radius 1 is 1.21 bits per heavy atom. The van der Waals surface area contributed by atoms with Crippen LogP contribution in [0.15, 0.2) is 12.4 Å². The van der Waals surface area contributed by atoms with Crippen LogP contribution in [0.3, 0.4) is 0 Å². The van der Waals surface area contributed by atoms with Gasteiger partial charge in [-0.1, -0.05) is 27.7 Å². The van der Waals surface area contributed by atoms with E-state index in [9.17, 15) is 8.42 Å². The first-order chi connectivity index (χ1) is 11.2. The van der Waals surface area contributed by atoms with Gasteiger partial charge < -0.3 is 4.90 Å². The Balaban J connectivity index is 1.83. The molecule has 0 aromatic carbocycles. The van der Waals surface area contributed by atoms with Crippen LogP contribution >= 0.6 is 0 Å². The van der Waals surface area contributed by atoms with Gasteiger partial charge in [0.2, 0.25) is 0 Å². The summed E-state index contributed by atoms with van der Waals surface area (Å²) in [4.78, 5) is 11.1. The highest BCUT2D eigenvalue weighted by atomic mass is 32.2. The maximum atomic E-state index is 11.6. The highest BCUT2D eigenvalue weighted by molar-refractivity contribution is 7.91. The Morgan fingerprint density at radius 3 is 2.46 bits per heavy atom. The van der Waals surface area contributed by atoms with Crippen molar-refractivity contribution >= 4 is 9.84 Å². The van der Waals surface area contributed by atoms with E-state index in [1.165, 1.54) is 0 Å². The van der Waals surface area contributed by atoms with E-state index < -0.39 is 9.84 Å². The maximum Gasteiger partial charge on any atom is 0.151 e. The third-order valence-corrected chi connectivity index (χ3v) is 6.54. The zero-order valence-corrected chi connectivity index (χ0v) is 16.3. The Morgan fingerprint density at radius 2 is 1.88 bits per heavy atom. The minimum atomic E-state index is -2.86. The summed E-state index contributed by atoms with van der Waals surface area (Å²) in [7, 11) is -2.86. The molecule has 0 radical (unpaired) electrons. The maximum absolute atomic E-state index is 11.6. The van der Waals surface area contributed by atoms with Gasteiger partial charge in [0.25, 0.3) is 0 Å². The van der Waals surface area contributed by atoms with Crippen LogP contribution in [0.5, 0.6) is 0 Å². The lowest BCUT2D eigenvalue weighted by Gasteiger charge is -2.31. The largest absolute Gasteiger partial charge is 0.302 e. The van der Waals surface area contributed by atoms with E-state index in [2.05, 4.69) is 41.7 Å². The summed E-state index contributed by atoms with van der Waals surface area (Å²) in [5.74, 6) is 1.16. The zero-order valence-electron chi connectivity index (χ0n) is 15.5. The highest BCUT2D eigenvalue weighted by Gasteiger charge is 2.22. The van der Waals surface area contributed by atoms with Gasteiger partial charge in [-0.15, -0.1) is 0 Å². The van der Waals surface area contributed by atoms with Gasteiger partial charge in [-0.3, -0.25) is 0 Å². The van der Waals surface area contributed by atoms with Crippen molar-refractivity contribution in [1.29, 1.82) is 0 Å². The minimum Gasteiger partial charge on any atom is -0.302 e. The molecule has 0 aliphatic carbocycles. The van der Waals surface area contributed by atoms with E-state index in [1.54, 1.807) is 13.3 Å². The van der Waals surface area contributed by atoms with Crippen molar-refractivity contribution in [2.45, 2.75) is 52.4 Å². The Kier molecular flexibility index (Phi) is 6.37. The summed E-state index contributed by atoms with van der Waals surface area (Å²) in [5.41, 5.74) is 2.27. The molecule has 0 spiro atoms. The quantitative estimate of drug-likeness (QED) is 0.786. The lowest BCUT2D eigenvalue weighted by molar-refractivity contribution is 0.192. The van der Waals surface area contributed by atoms with Crippen molar-refractivity contribution in [1.82, 2.24) is 14.9 Å². The van der Waals surface area contributed by atoms with Gasteiger partial charge in [-0.05, 0) is 44.3 Å². The molecule has 0 amide bonds. The number of sulfone groups is 1. The normalized spacial score (nSPS) is 18.0. The molecule has 1 aliphatic heterocycles. The van der Waals surface area contributed by atoms with Crippen molar-refractivity contribution in [2.24, 2.45) is 5.92 Å². The second-order valence-corrected chi connectivity index (χ2v) is 10.3. The second-order valence-electron chi connectivity index (χ2n) is 7.87. The predicted octanol–water partition coefficient (Wildman–Crippen LogP) is 2.46. The second kappa shape index (κ2) is 7.91. The number of hydrogen-bond donors (Lipinski definition) is 0. The van der Waals surface area contributed by atoms with Crippen LogP contribution in [0.1, 0.15) is 51.9 Å². The van der Waals surface area contributed by atoms with Gasteiger partial charge >= 0.3 is 0 Å². The van der Waals surface area contributed by atoms with Gasteiger partial charge in [0.1, 0.15) is 6.33 Å². The van der Waals surface area contributed by atoms with E-state index in [0.29, 0.717) is 12.5 Å². The first kappa shape index (κ1) is 19.3. The molecule has 1 aliphatic rings. The molecule has 0 bridgehead atoms. The SMILES string of the molecule is CCS(=O)(=O)CCN1CCC(Cc2cc(C(C)(C)C)ncn2)CC1. The van der Waals surface area contributed by atoms with Crippen molar-refractivity contribution in [2.75, 3.05) is 31.1 Å². The molecule has 1 aromatic heterocycles. The monoisotopic (exact) mass is 353 g/mol. The fourth-order valence-corrected chi connectivity index (χ4v) is 3.87. The van der Waals surface area contributed by atoms with Gasteiger partial charge in [0.15, 0.2) is 9.84 Å². The number of likely N-dealkylation sites (tertiary alicyclic amines) is 1. The van der Waals surface area contributed by atoms with E-state index in [-0.39, 0.29) is 16.9 Å². The molecule has 0 atom stereocenters. The summed E-state index contributed by atoms with van der Waals surface area (Å²) in [6.45, 7) is 10.9. The predicted molar refractivity (Wildman–Crippen MR) is 97.9 cm³/mol. The summed E-state index contributed by atoms with van der Waals surface area (Å²) in [6, 6.07) is 2.14. The average Bonchev–Trinajstić information content (AvgIpc) is 2.54.